The van der Waals surface area contributed by atoms with Crippen molar-refractivity contribution >= 4 is 8.15 Å². The number of hydrogen-bond acceptors (Lipinski definition) is 2. The molecule has 23 heavy (non-hydrogen) atoms. The highest BCUT2D eigenvalue weighted by Crippen LogP contribution is 2.53. The summed E-state index contributed by atoms with van der Waals surface area (Å²) in [7, 11) is -0.514. The molecular weight excluding hydrogens is 303 g/mol. The van der Waals surface area contributed by atoms with Crippen LogP contribution in [0, 0.1) is 6.92 Å². The predicted octanol–water partition coefficient (Wildman–Crippen LogP) is 6.94. The Bertz CT molecular complexity index is 461. The van der Waals surface area contributed by atoms with Crippen LogP contribution < -0.4 is 9.26 Å². The molecule has 0 aliphatic carbocycles. The maximum atomic E-state index is 6.43. The van der Waals surface area contributed by atoms with E-state index in [-0.39, 0.29) is 5.16 Å². The summed E-state index contributed by atoms with van der Waals surface area (Å²) >= 11 is 0. The summed E-state index contributed by atoms with van der Waals surface area (Å²) in [6, 6.07) is 6.17. The highest BCUT2D eigenvalue weighted by molar-refractivity contribution is 7.53. The van der Waals surface area contributed by atoms with Gasteiger partial charge in [0, 0.05) is 10.7 Å². The lowest BCUT2D eigenvalue weighted by molar-refractivity contribution is 0.306. The lowest BCUT2D eigenvalue weighted by Crippen LogP contribution is -2.23. The smallest absolute Gasteiger partial charge is 0.129 e. The fourth-order valence-electron chi connectivity index (χ4n) is 2.55. The molecule has 1 rings (SSSR count). The first-order chi connectivity index (χ1) is 11.0. The van der Waals surface area contributed by atoms with Gasteiger partial charge in [-0.1, -0.05) is 53.0 Å². The molecule has 0 heterocycles. The van der Waals surface area contributed by atoms with E-state index >= 15 is 0 Å². The molecule has 0 amide bonds. The average Bonchev–Trinajstić information content (AvgIpc) is 2.56. The summed E-state index contributed by atoms with van der Waals surface area (Å²) < 4.78 is 12.3. The van der Waals surface area contributed by atoms with Crippen LogP contribution in [0.2, 0.25) is 0 Å². The molecule has 3 heteroatoms. The molecule has 0 saturated carbocycles. The van der Waals surface area contributed by atoms with E-state index in [0.29, 0.717) is 0 Å². The molecule has 1 aromatic rings. The van der Waals surface area contributed by atoms with Crippen molar-refractivity contribution in [3.63, 3.8) is 0 Å². The maximum absolute atomic E-state index is 6.43. The number of ether oxygens (including phenoxy) is 1. The van der Waals surface area contributed by atoms with Gasteiger partial charge in [0.2, 0.25) is 0 Å². The molecule has 0 aliphatic rings. The molecule has 2 nitrogen and oxygen atoms in total. The normalized spacial score (nSPS) is 15.0. The third-order valence-electron chi connectivity index (χ3n) is 4.82. The number of unbranched alkanes of at least 4 members (excludes halogenated alkanes) is 2. The summed E-state index contributed by atoms with van der Waals surface area (Å²) in [6.07, 6.45) is 7.19. The van der Waals surface area contributed by atoms with Gasteiger partial charge in [0.05, 0.1) is 14.8 Å². The molecule has 0 saturated heterocycles. The summed E-state index contributed by atoms with van der Waals surface area (Å²) in [5.74, 6) is 1.95. The van der Waals surface area contributed by atoms with E-state index in [0.717, 1.165) is 36.5 Å². The molecule has 0 N–H and O–H groups in total. The predicted molar refractivity (Wildman–Crippen MR) is 103 cm³/mol. The number of rotatable bonds is 11. The average molecular weight is 338 g/mol. The van der Waals surface area contributed by atoms with Crippen molar-refractivity contribution in [3.8, 4) is 11.5 Å². The summed E-state index contributed by atoms with van der Waals surface area (Å²) in [5.41, 5.74) is 1.13. The van der Waals surface area contributed by atoms with Gasteiger partial charge in [-0.2, -0.15) is 0 Å². The SMILES string of the molecule is CCCCOc1cccc(OP(C)C(C)(CC)CCCC)c1C. The van der Waals surface area contributed by atoms with Crippen LogP contribution in [0.4, 0.5) is 0 Å². The fourth-order valence-corrected chi connectivity index (χ4v) is 4.18. The van der Waals surface area contributed by atoms with E-state index in [9.17, 15) is 0 Å². The molecule has 0 fully saturated rings. The summed E-state index contributed by atoms with van der Waals surface area (Å²) in [4.78, 5) is 0. The number of hydrogen-bond donors (Lipinski definition) is 0. The lowest BCUT2D eigenvalue weighted by Gasteiger charge is -2.34. The van der Waals surface area contributed by atoms with Crippen molar-refractivity contribution < 1.29 is 9.26 Å². The van der Waals surface area contributed by atoms with E-state index in [4.69, 9.17) is 9.26 Å². The van der Waals surface area contributed by atoms with Crippen LogP contribution in [-0.2, 0) is 0 Å². The second kappa shape index (κ2) is 10.2. The molecule has 2 unspecified atom stereocenters. The zero-order valence-corrected chi connectivity index (χ0v) is 16.8. The van der Waals surface area contributed by atoms with Gasteiger partial charge in [-0.25, -0.2) is 0 Å². The zero-order valence-electron chi connectivity index (χ0n) is 15.9. The Kier molecular flexibility index (Phi) is 8.99. The van der Waals surface area contributed by atoms with Crippen LogP contribution in [0.15, 0.2) is 18.2 Å². The third-order valence-corrected chi connectivity index (χ3v) is 7.35. The fraction of sp³-hybridized carbons (Fsp3) is 0.700. The van der Waals surface area contributed by atoms with Gasteiger partial charge in [-0.05, 0) is 45.0 Å². The van der Waals surface area contributed by atoms with E-state index in [1.165, 1.54) is 25.7 Å². The van der Waals surface area contributed by atoms with Gasteiger partial charge in [0.1, 0.15) is 11.5 Å². The molecule has 2 atom stereocenters. The highest BCUT2D eigenvalue weighted by atomic mass is 31.1. The molecule has 0 bridgehead atoms. The van der Waals surface area contributed by atoms with Crippen LogP contribution in [0.1, 0.15) is 71.8 Å². The third kappa shape index (κ3) is 5.99. The van der Waals surface area contributed by atoms with E-state index in [1.807, 2.05) is 12.1 Å². The minimum Gasteiger partial charge on any atom is -0.493 e. The van der Waals surface area contributed by atoms with Gasteiger partial charge in [0.15, 0.2) is 0 Å². The first-order valence-corrected chi connectivity index (χ1v) is 10.8. The minimum atomic E-state index is -0.514. The molecule has 0 radical (unpaired) electrons. The zero-order chi connectivity index (χ0) is 17.3. The Labute approximate surface area is 144 Å². The Balaban J connectivity index is 2.80. The van der Waals surface area contributed by atoms with Gasteiger partial charge in [0.25, 0.3) is 0 Å². The lowest BCUT2D eigenvalue weighted by atomic mass is 10.0. The van der Waals surface area contributed by atoms with Crippen molar-refractivity contribution in [2.75, 3.05) is 13.3 Å². The molecular formula is C20H35O2P. The summed E-state index contributed by atoms with van der Waals surface area (Å²) in [6.45, 7) is 14.3. The molecule has 0 aromatic heterocycles. The first kappa shape index (κ1) is 20.3. The molecule has 0 aliphatic heterocycles. The van der Waals surface area contributed by atoms with Crippen molar-refractivity contribution in [3.05, 3.63) is 23.8 Å². The first-order valence-electron chi connectivity index (χ1n) is 9.12. The Hall–Kier alpha value is -0.750. The van der Waals surface area contributed by atoms with Gasteiger partial charge in [-0.15, -0.1) is 0 Å². The van der Waals surface area contributed by atoms with Gasteiger partial charge < -0.3 is 9.26 Å². The number of benzene rings is 1. The van der Waals surface area contributed by atoms with Crippen molar-refractivity contribution in [2.45, 2.75) is 78.3 Å². The Morgan fingerprint density at radius 2 is 1.70 bits per heavy atom. The summed E-state index contributed by atoms with van der Waals surface area (Å²) in [5, 5.41) is 0.289. The van der Waals surface area contributed by atoms with E-state index in [1.54, 1.807) is 0 Å². The van der Waals surface area contributed by atoms with Crippen molar-refractivity contribution in [1.29, 1.82) is 0 Å². The Morgan fingerprint density at radius 1 is 1.04 bits per heavy atom. The van der Waals surface area contributed by atoms with Crippen LogP contribution in [0.5, 0.6) is 11.5 Å². The van der Waals surface area contributed by atoms with E-state index in [2.05, 4.69) is 47.3 Å². The van der Waals surface area contributed by atoms with Gasteiger partial charge >= 0.3 is 0 Å². The van der Waals surface area contributed by atoms with Crippen LogP contribution in [0.25, 0.3) is 0 Å². The Morgan fingerprint density at radius 3 is 2.30 bits per heavy atom. The van der Waals surface area contributed by atoms with Crippen molar-refractivity contribution in [1.82, 2.24) is 0 Å². The molecule has 1 aromatic carbocycles. The topological polar surface area (TPSA) is 18.5 Å². The minimum absolute atomic E-state index is 0.289. The second-order valence-electron chi connectivity index (χ2n) is 6.62. The van der Waals surface area contributed by atoms with Crippen molar-refractivity contribution in [2.24, 2.45) is 0 Å². The molecule has 0 spiro atoms. The largest absolute Gasteiger partial charge is 0.493 e. The second-order valence-corrected chi connectivity index (χ2v) is 8.88. The standard InChI is InChI=1S/C20H35O2P/c1-7-10-15-20(5,9-3)23(6)22-19-14-12-13-18(17(19)4)21-16-11-8-2/h12-14H,7-11,15-16H2,1-6H3. The maximum Gasteiger partial charge on any atom is 0.129 e. The van der Waals surface area contributed by atoms with Crippen LogP contribution in [0.3, 0.4) is 0 Å². The molecule has 132 valence electrons. The van der Waals surface area contributed by atoms with Gasteiger partial charge in [-0.3, -0.25) is 0 Å². The monoisotopic (exact) mass is 338 g/mol. The van der Waals surface area contributed by atoms with Crippen LogP contribution >= 0.6 is 8.15 Å². The highest BCUT2D eigenvalue weighted by Gasteiger charge is 2.31. The van der Waals surface area contributed by atoms with E-state index < -0.39 is 8.15 Å². The quantitative estimate of drug-likeness (QED) is 0.321. The van der Waals surface area contributed by atoms with Crippen LogP contribution in [-0.4, -0.2) is 18.4 Å².